The van der Waals surface area contributed by atoms with Crippen LogP contribution in [0.15, 0.2) is 17.4 Å². The molecule has 0 radical (unpaired) electrons. The van der Waals surface area contributed by atoms with Crippen molar-refractivity contribution < 1.29 is 0 Å². The molecule has 1 unspecified atom stereocenters. The molecule has 0 bridgehead atoms. The summed E-state index contributed by atoms with van der Waals surface area (Å²) in [5.74, 6) is 0.887. The molecule has 0 aromatic carbocycles. The summed E-state index contributed by atoms with van der Waals surface area (Å²) in [7, 11) is 1.82. The van der Waals surface area contributed by atoms with E-state index in [1.807, 2.05) is 17.9 Å². The van der Waals surface area contributed by atoms with E-state index in [0.717, 1.165) is 31.9 Å². The van der Waals surface area contributed by atoms with Gasteiger partial charge in [-0.05, 0) is 44.1 Å². The van der Waals surface area contributed by atoms with Crippen molar-refractivity contribution in [3.8, 4) is 0 Å². The number of guanidine groups is 1. The van der Waals surface area contributed by atoms with E-state index in [1.54, 1.807) is 0 Å². The number of aromatic nitrogens is 2. The lowest BCUT2D eigenvalue weighted by molar-refractivity contribution is 0.346. The van der Waals surface area contributed by atoms with Crippen molar-refractivity contribution >= 4 is 5.96 Å². The summed E-state index contributed by atoms with van der Waals surface area (Å²) in [6.45, 7) is 12.9. The van der Waals surface area contributed by atoms with E-state index in [-0.39, 0.29) is 0 Å². The average Bonchev–Trinajstić information content (AvgIpc) is 2.85. The van der Waals surface area contributed by atoms with Crippen LogP contribution in [-0.4, -0.2) is 35.4 Å². The Morgan fingerprint density at radius 1 is 1.41 bits per heavy atom. The van der Waals surface area contributed by atoms with Crippen LogP contribution in [0.4, 0.5) is 0 Å². The van der Waals surface area contributed by atoms with Gasteiger partial charge in [-0.15, -0.1) is 0 Å². The van der Waals surface area contributed by atoms with Crippen molar-refractivity contribution in [1.29, 1.82) is 0 Å². The third-order valence-corrected chi connectivity index (χ3v) is 3.55. The first-order valence-electron chi connectivity index (χ1n) is 8.26. The molecular formula is C17H33N5. The Kier molecular flexibility index (Phi) is 7.42. The summed E-state index contributed by atoms with van der Waals surface area (Å²) in [6.07, 6.45) is 7.35. The van der Waals surface area contributed by atoms with Gasteiger partial charge in [0.2, 0.25) is 0 Å². The fraction of sp³-hybridized carbons (Fsp3) is 0.765. The molecule has 1 heterocycles. The third-order valence-electron chi connectivity index (χ3n) is 3.55. The zero-order valence-corrected chi connectivity index (χ0v) is 15.1. The minimum absolute atomic E-state index is 0.384. The molecule has 5 nitrogen and oxygen atoms in total. The highest BCUT2D eigenvalue weighted by Gasteiger charge is 2.13. The van der Waals surface area contributed by atoms with Crippen LogP contribution in [0.3, 0.4) is 0 Å². The Labute approximate surface area is 135 Å². The van der Waals surface area contributed by atoms with E-state index in [1.165, 1.54) is 12.0 Å². The molecule has 1 atom stereocenters. The zero-order valence-electron chi connectivity index (χ0n) is 15.1. The van der Waals surface area contributed by atoms with Gasteiger partial charge in [0.25, 0.3) is 0 Å². The Bertz CT molecular complexity index is 456. The lowest BCUT2D eigenvalue weighted by atomic mass is 9.89. The highest BCUT2D eigenvalue weighted by atomic mass is 15.3. The van der Waals surface area contributed by atoms with Crippen LogP contribution >= 0.6 is 0 Å². The average molecular weight is 307 g/mol. The molecule has 0 spiro atoms. The SMILES string of the molecule is CN=C(NCCCn1cc(C)cn1)NC(C)CCC(C)(C)C. The topological polar surface area (TPSA) is 54.2 Å². The quantitative estimate of drug-likeness (QED) is 0.462. The van der Waals surface area contributed by atoms with E-state index >= 15 is 0 Å². The van der Waals surface area contributed by atoms with Crippen molar-refractivity contribution in [2.75, 3.05) is 13.6 Å². The summed E-state index contributed by atoms with van der Waals surface area (Å²) >= 11 is 0. The predicted molar refractivity (Wildman–Crippen MR) is 94.2 cm³/mol. The molecule has 0 aliphatic rings. The summed E-state index contributed by atoms with van der Waals surface area (Å²) in [5.41, 5.74) is 1.59. The number of nitrogens with zero attached hydrogens (tertiary/aromatic N) is 3. The maximum absolute atomic E-state index is 4.29. The maximum atomic E-state index is 4.29. The van der Waals surface area contributed by atoms with Gasteiger partial charge in [-0.3, -0.25) is 9.67 Å². The maximum Gasteiger partial charge on any atom is 0.191 e. The van der Waals surface area contributed by atoms with Gasteiger partial charge in [0.15, 0.2) is 5.96 Å². The van der Waals surface area contributed by atoms with E-state index in [9.17, 15) is 0 Å². The van der Waals surface area contributed by atoms with Crippen LogP contribution in [-0.2, 0) is 6.54 Å². The second kappa shape index (κ2) is 8.81. The van der Waals surface area contributed by atoms with Crippen molar-refractivity contribution in [1.82, 2.24) is 20.4 Å². The lowest BCUT2D eigenvalue weighted by Gasteiger charge is -2.23. The first kappa shape index (κ1) is 18.5. The van der Waals surface area contributed by atoms with Crippen molar-refractivity contribution in [3.05, 3.63) is 18.0 Å². The van der Waals surface area contributed by atoms with Gasteiger partial charge in [-0.25, -0.2) is 0 Å². The molecule has 1 aromatic heterocycles. The van der Waals surface area contributed by atoms with Gasteiger partial charge < -0.3 is 10.6 Å². The molecule has 0 amide bonds. The Hall–Kier alpha value is -1.52. The molecule has 1 rings (SSSR count). The summed E-state index contributed by atoms with van der Waals surface area (Å²) < 4.78 is 1.99. The number of aliphatic imine (C=N–C) groups is 1. The van der Waals surface area contributed by atoms with Crippen LogP contribution in [0.5, 0.6) is 0 Å². The molecule has 0 saturated heterocycles. The van der Waals surface area contributed by atoms with Gasteiger partial charge in [0.1, 0.15) is 0 Å². The molecule has 5 heteroatoms. The first-order valence-corrected chi connectivity index (χ1v) is 8.26. The van der Waals surface area contributed by atoms with Gasteiger partial charge in [-0.2, -0.15) is 5.10 Å². The Morgan fingerprint density at radius 2 is 2.14 bits per heavy atom. The highest BCUT2D eigenvalue weighted by molar-refractivity contribution is 5.79. The van der Waals surface area contributed by atoms with Crippen molar-refractivity contribution in [2.45, 2.75) is 66.5 Å². The smallest absolute Gasteiger partial charge is 0.191 e. The normalized spacial score (nSPS) is 14.0. The minimum Gasteiger partial charge on any atom is -0.356 e. The number of rotatable bonds is 7. The molecule has 126 valence electrons. The molecular weight excluding hydrogens is 274 g/mol. The van der Waals surface area contributed by atoms with Crippen LogP contribution < -0.4 is 10.6 Å². The number of nitrogens with one attached hydrogen (secondary N) is 2. The van der Waals surface area contributed by atoms with E-state index in [2.05, 4.69) is 61.5 Å². The summed E-state index contributed by atoms with van der Waals surface area (Å²) in [5, 5.41) is 11.1. The second-order valence-electron chi connectivity index (χ2n) is 7.28. The van der Waals surface area contributed by atoms with Crippen LogP contribution in [0.1, 0.15) is 52.5 Å². The molecule has 0 fully saturated rings. The fourth-order valence-electron chi connectivity index (χ4n) is 2.19. The molecule has 22 heavy (non-hydrogen) atoms. The van der Waals surface area contributed by atoms with Crippen LogP contribution in [0, 0.1) is 12.3 Å². The van der Waals surface area contributed by atoms with E-state index in [0.29, 0.717) is 11.5 Å². The molecule has 0 aliphatic carbocycles. The lowest BCUT2D eigenvalue weighted by Crippen LogP contribution is -2.42. The van der Waals surface area contributed by atoms with Gasteiger partial charge >= 0.3 is 0 Å². The molecule has 2 N–H and O–H groups in total. The molecule has 1 aromatic rings. The van der Waals surface area contributed by atoms with Crippen molar-refractivity contribution in [3.63, 3.8) is 0 Å². The molecule has 0 saturated carbocycles. The Morgan fingerprint density at radius 3 is 2.68 bits per heavy atom. The number of aryl methyl sites for hydroxylation is 2. The van der Waals surface area contributed by atoms with Crippen LogP contribution in [0.25, 0.3) is 0 Å². The zero-order chi connectivity index (χ0) is 16.6. The number of hydrogen-bond acceptors (Lipinski definition) is 2. The molecule has 0 aliphatic heterocycles. The highest BCUT2D eigenvalue weighted by Crippen LogP contribution is 2.21. The predicted octanol–water partition coefficient (Wildman–Crippen LogP) is 2.96. The van der Waals surface area contributed by atoms with Crippen LogP contribution in [0.2, 0.25) is 0 Å². The third kappa shape index (κ3) is 8.05. The van der Waals surface area contributed by atoms with E-state index < -0.39 is 0 Å². The summed E-state index contributed by atoms with van der Waals surface area (Å²) in [6, 6.07) is 0.430. The van der Waals surface area contributed by atoms with Crippen molar-refractivity contribution in [2.24, 2.45) is 10.4 Å². The monoisotopic (exact) mass is 307 g/mol. The summed E-state index contributed by atoms with van der Waals surface area (Å²) in [4.78, 5) is 4.29. The first-order chi connectivity index (χ1) is 10.3. The Balaban J connectivity index is 2.21. The standard InChI is InChI=1S/C17H33N5/c1-14-12-20-22(13-14)11-7-10-19-16(18-6)21-15(2)8-9-17(3,4)5/h12-13,15H,7-11H2,1-6H3,(H2,18,19,21). The van der Waals surface area contributed by atoms with Gasteiger partial charge in [-0.1, -0.05) is 20.8 Å². The van der Waals surface area contributed by atoms with Gasteiger partial charge in [0, 0.05) is 32.4 Å². The van der Waals surface area contributed by atoms with E-state index in [4.69, 9.17) is 0 Å². The second-order valence-corrected chi connectivity index (χ2v) is 7.28. The minimum atomic E-state index is 0.384. The number of hydrogen-bond donors (Lipinski definition) is 2. The largest absolute Gasteiger partial charge is 0.356 e. The fourth-order valence-corrected chi connectivity index (χ4v) is 2.19. The van der Waals surface area contributed by atoms with Gasteiger partial charge in [0.05, 0.1) is 6.20 Å².